The summed E-state index contributed by atoms with van der Waals surface area (Å²) in [4.78, 5) is 22.4. The number of nitrogens with one attached hydrogen (secondary N) is 2. The molecule has 0 saturated carbocycles. The molecular formula is C13H15FN2O3. The Bertz CT molecular complexity index is 482. The number of amides is 2. The molecule has 0 spiro atoms. The van der Waals surface area contributed by atoms with Crippen molar-refractivity contribution in [3.05, 3.63) is 42.2 Å². The fourth-order valence-corrected chi connectivity index (χ4v) is 1.52. The molecule has 0 aromatic heterocycles. The molecule has 1 atom stereocenters. The van der Waals surface area contributed by atoms with Crippen LogP contribution in [0.5, 0.6) is 0 Å². The van der Waals surface area contributed by atoms with E-state index >= 15 is 0 Å². The molecule has 0 fully saturated rings. The molecule has 1 aromatic carbocycles. The minimum atomic E-state index is -1.16. The number of rotatable bonds is 5. The van der Waals surface area contributed by atoms with E-state index in [1.165, 1.54) is 12.1 Å². The number of anilines is 1. The quantitative estimate of drug-likeness (QED) is 0.715. The molecule has 102 valence electrons. The largest absolute Gasteiger partial charge is 0.480 e. The molecule has 3 N–H and O–H groups in total. The Kier molecular flexibility index (Phi) is 5.05. The Morgan fingerprint density at radius 3 is 2.68 bits per heavy atom. The first-order chi connectivity index (χ1) is 8.92. The van der Waals surface area contributed by atoms with Crippen LogP contribution in [0.25, 0.3) is 0 Å². The van der Waals surface area contributed by atoms with Gasteiger partial charge in [0.15, 0.2) is 0 Å². The SMILES string of the molecule is C=CCC(NC(=O)Nc1cc(C)cc(F)c1)C(=O)O. The zero-order chi connectivity index (χ0) is 14.4. The van der Waals surface area contributed by atoms with Crippen molar-refractivity contribution in [1.82, 2.24) is 5.32 Å². The van der Waals surface area contributed by atoms with Crippen LogP contribution >= 0.6 is 0 Å². The van der Waals surface area contributed by atoms with Gasteiger partial charge in [-0.05, 0) is 37.1 Å². The van der Waals surface area contributed by atoms with Crippen molar-refractivity contribution >= 4 is 17.7 Å². The minimum absolute atomic E-state index is 0.102. The van der Waals surface area contributed by atoms with E-state index in [2.05, 4.69) is 17.2 Å². The second kappa shape index (κ2) is 6.53. The standard InChI is InChI=1S/C13H15FN2O3/c1-3-4-11(12(17)18)16-13(19)15-10-6-8(2)5-9(14)7-10/h3,5-7,11H,1,4H2,2H3,(H,17,18)(H2,15,16,19). The van der Waals surface area contributed by atoms with Crippen LogP contribution in [0.2, 0.25) is 0 Å². The highest BCUT2D eigenvalue weighted by Gasteiger charge is 2.18. The summed E-state index contributed by atoms with van der Waals surface area (Å²) in [5, 5.41) is 13.5. The maximum Gasteiger partial charge on any atom is 0.326 e. The molecule has 0 aliphatic heterocycles. The van der Waals surface area contributed by atoms with Crippen molar-refractivity contribution in [2.75, 3.05) is 5.32 Å². The van der Waals surface area contributed by atoms with Gasteiger partial charge in [-0.2, -0.15) is 0 Å². The molecule has 0 bridgehead atoms. The summed E-state index contributed by atoms with van der Waals surface area (Å²) in [7, 11) is 0. The molecule has 0 aliphatic carbocycles. The lowest BCUT2D eigenvalue weighted by molar-refractivity contribution is -0.139. The number of benzene rings is 1. The number of hydrogen-bond donors (Lipinski definition) is 3. The number of carbonyl (C=O) groups excluding carboxylic acids is 1. The predicted molar refractivity (Wildman–Crippen MR) is 69.5 cm³/mol. The predicted octanol–water partition coefficient (Wildman–Crippen LogP) is 2.28. The third-order valence-electron chi connectivity index (χ3n) is 2.31. The number of carboxylic acid groups (broad SMARTS) is 1. The van der Waals surface area contributed by atoms with Gasteiger partial charge in [-0.3, -0.25) is 0 Å². The van der Waals surface area contributed by atoms with E-state index < -0.39 is 23.9 Å². The summed E-state index contributed by atoms with van der Waals surface area (Å²) in [6, 6.07) is 2.27. The van der Waals surface area contributed by atoms with Crippen molar-refractivity contribution in [3.8, 4) is 0 Å². The monoisotopic (exact) mass is 266 g/mol. The van der Waals surface area contributed by atoms with Gasteiger partial charge in [0.05, 0.1) is 0 Å². The van der Waals surface area contributed by atoms with Gasteiger partial charge in [0.25, 0.3) is 0 Å². The Morgan fingerprint density at radius 1 is 1.47 bits per heavy atom. The first-order valence-corrected chi connectivity index (χ1v) is 5.60. The Labute approximate surface area is 110 Å². The first-order valence-electron chi connectivity index (χ1n) is 5.60. The Hall–Kier alpha value is -2.37. The highest BCUT2D eigenvalue weighted by Crippen LogP contribution is 2.13. The van der Waals surface area contributed by atoms with E-state index in [-0.39, 0.29) is 12.1 Å². The van der Waals surface area contributed by atoms with E-state index in [1.54, 1.807) is 13.0 Å². The molecular weight excluding hydrogens is 251 g/mol. The van der Waals surface area contributed by atoms with Gasteiger partial charge in [0.2, 0.25) is 0 Å². The van der Waals surface area contributed by atoms with Crippen LogP contribution < -0.4 is 10.6 Å². The second-order valence-corrected chi connectivity index (χ2v) is 4.03. The summed E-state index contributed by atoms with van der Waals surface area (Å²) >= 11 is 0. The lowest BCUT2D eigenvalue weighted by Gasteiger charge is -2.13. The van der Waals surface area contributed by atoms with E-state index in [1.807, 2.05) is 0 Å². The van der Waals surface area contributed by atoms with Crippen LogP contribution in [-0.4, -0.2) is 23.1 Å². The molecule has 2 amide bonds. The molecule has 0 heterocycles. The third-order valence-corrected chi connectivity index (χ3v) is 2.31. The number of urea groups is 1. The number of hydrogen-bond acceptors (Lipinski definition) is 2. The molecule has 5 nitrogen and oxygen atoms in total. The molecule has 1 aromatic rings. The van der Waals surface area contributed by atoms with Crippen LogP contribution in [0.1, 0.15) is 12.0 Å². The van der Waals surface area contributed by atoms with Crippen molar-refractivity contribution in [3.63, 3.8) is 0 Å². The molecule has 0 saturated heterocycles. The van der Waals surface area contributed by atoms with Gasteiger partial charge in [-0.15, -0.1) is 6.58 Å². The van der Waals surface area contributed by atoms with Crippen molar-refractivity contribution in [2.24, 2.45) is 0 Å². The zero-order valence-corrected chi connectivity index (χ0v) is 10.4. The van der Waals surface area contributed by atoms with Crippen LogP contribution in [0.15, 0.2) is 30.9 Å². The number of aliphatic carboxylic acids is 1. The average molecular weight is 266 g/mol. The van der Waals surface area contributed by atoms with Crippen molar-refractivity contribution < 1.29 is 19.1 Å². The van der Waals surface area contributed by atoms with Gasteiger partial charge < -0.3 is 15.7 Å². The highest BCUT2D eigenvalue weighted by molar-refractivity contribution is 5.92. The normalized spacial score (nSPS) is 11.5. The van der Waals surface area contributed by atoms with Crippen LogP contribution in [0, 0.1) is 12.7 Å². The van der Waals surface area contributed by atoms with E-state index in [9.17, 15) is 14.0 Å². The van der Waals surface area contributed by atoms with Crippen LogP contribution in [0.4, 0.5) is 14.9 Å². The molecule has 6 heteroatoms. The molecule has 0 aliphatic rings. The molecule has 1 unspecified atom stereocenters. The fourth-order valence-electron chi connectivity index (χ4n) is 1.52. The molecule has 19 heavy (non-hydrogen) atoms. The number of aryl methyl sites for hydroxylation is 1. The maximum atomic E-state index is 13.1. The third kappa shape index (κ3) is 4.79. The minimum Gasteiger partial charge on any atom is -0.480 e. The average Bonchev–Trinajstić information content (AvgIpc) is 2.26. The van der Waals surface area contributed by atoms with Crippen LogP contribution in [-0.2, 0) is 4.79 Å². The smallest absolute Gasteiger partial charge is 0.326 e. The van der Waals surface area contributed by atoms with Gasteiger partial charge >= 0.3 is 12.0 Å². The number of carbonyl (C=O) groups is 2. The van der Waals surface area contributed by atoms with Crippen molar-refractivity contribution in [2.45, 2.75) is 19.4 Å². The first kappa shape index (κ1) is 14.7. The van der Waals surface area contributed by atoms with Gasteiger partial charge in [0, 0.05) is 5.69 Å². The Balaban J connectivity index is 2.68. The fraction of sp³-hybridized carbons (Fsp3) is 0.231. The lowest BCUT2D eigenvalue weighted by atomic mass is 10.2. The summed E-state index contributed by atoms with van der Waals surface area (Å²) in [6.45, 7) is 5.10. The number of carboxylic acids is 1. The zero-order valence-electron chi connectivity index (χ0n) is 10.4. The lowest BCUT2D eigenvalue weighted by Crippen LogP contribution is -2.42. The van der Waals surface area contributed by atoms with E-state index in [4.69, 9.17) is 5.11 Å². The van der Waals surface area contributed by atoms with E-state index in [0.29, 0.717) is 5.56 Å². The van der Waals surface area contributed by atoms with Crippen molar-refractivity contribution in [1.29, 1.82) is 0 Å². The number of halogens is 1. The molecule has 1 rings (SSSR count). The van der Waals surface area contributed by atoms with E-state index in [0.717, 1.165) is 6.07 Å². The second-order valence-electron chi connectivity index (χ2n) is 4.03. The Morgan fingerprint density at radius 2 is 2.16 bits per heavy atom. The highest BCUT2D eigenvalue weighted by atomic mass is 19.1. The van der Waals surface area contributed by atoms with Gasteiger partial charge in [0.1, 0.15) is 11.9 Å². The van der Waals surface area contributed by atoms with Crippen LogP contribution in [0.3, 0.4) is 0 Å². The van der Waals surface area contributed by atoms with Gasteiger partial charge in [-0.25, -0.2) is 14.0 Å². The summed E-state index contributed by atoms with van der Waals surface area (Å²) in [6.07, 6.45) is 1.50. The summed E-state index contributed by atoms with van der Waals surface area (Å²) in [5.41, 5.74) is 0.911. The topological polar surface area (TPSA) is 78.4 Å². The summed E-state index contributed by atoms with van der Waals surface area (Å²) < 4.78 is 13.1. The maximum absolute atomic E-state index is 13.1. The summed E-state index contributed by atoms with van der Waals surface area (Å²) in [5.74, 6) is -1.64. The molecule has 0 radical (unpaired) electrons. The van der Waals surface area contributed by atoms with Gasteiger partial charge in [-0.1, -0.05) is 6.08 Å².